The highest BCUT2D eigenvalue weighted by Crippen LogP contribution is 1.87. The van der Waals surface area contributed by atoms with Crippen LogP contribution in [-0.2, 0) is 0 Å². The van der Waals surface area contributed by atoms with Gasteiger partial charge in [-0.2, -0.15) is 0 Å². The lowest BCUT2D eigenvalue weighted by Gasteiger charge is -1.96. The Kier molecular flexibility index (Phi) is 0.881. The van der Waals surface area contributed by atoms with Gasteiger partial charge in [-0.1, -0.05) is 11.6 Å². The summed E-state index contributed by atoms with van der Waals surface area (Å²) in [6, 6.07) is 0. The monoisotopic (exact) mass is 103 g/mol. The van der Waals surface area contributed by atoms with Crippen molar-refractivity contribution in [2.75, 3.05) is 0 Å². The van der Waals surface area contributed by atoms with Gasteiger partial charge in [-0.25, -0.2) is 0 Å². The summed E-state index contributed by atoms with van der Waals surface area (Å²) in [4.78, 5) is 0. The lowest BCUT2D eigenvalue weighted by Crippen LogP contribution is -2.23. The summed E-state index contributed by atoms with van der Waals surface area (Å²) in [5.41, 5.74) is -0.148. The van der Waals surface area contributed by atoms with E-state index in [0.29, 0.717) is 0 Å². The predicted octanol–water partition coefficient (Wildman–Crippen LogP) is -0.0240. The quantitative estimate of drug-likeness (QED) is 0.333. The molecule has 0 spiro atoms. The van der Waals surface area contributed by atoms with Gasteiger partial charge in [-0.15, -0.1) is 0 Å². The van der Waals surface area contributed by atoms with Gasteiger partial charge in [-0.3, -0.25) is 0 Å². The molecule has 0 amide bonds. The van der Waals surface area contributed by atoms with Crippen molar-refractivity contribution in [1.29, 1.82) is 0 Å². The van der Waals surface area contributed by atoms with Crippen LogP contribution in [0.15, 0.2) is 6.20 Å². The van der Waals surface area contributed by atoms with Crippen molar-refractivity contribution in [2.45, 2.75) is 5.62 Å². The summed E-state index contributed by atoms with van der Waals surface area (Å²) in [7, 11) is 0. The van der Waals surface area contributed by atoms with Crippen LogP contribution in [-0.4, -0.2) is 5.62 Å². The first-order chi connectivity index (χ1) is 2.89. The van der Waals surface area contributed by atoms with E-state index in [0.717, 1.165) is 0 Å². The van der Waals surface area contributed by atoms with Gasteiger partial charge in [0.05, 0.1) is 6.20 Å². The molecule has 33 valence electrons. The van der Waals surface area contributed by atoms with Crippen LogP contribution in [0.2, 0.25) is 0 Å². The van der Waals surface area contributed by atoms with E-state index in [9.17, 15) is 0 Å². The van der Waals surface area contributed by atoms with E-state index in [1.165, 1.54) is 0 Å². The highest BCUT2D eigenvalue weighted by atomic mass is 35.5. The van der Waals surface area contributed by atoms with E-state index in [1.807, 2.05) is 0 Å². The van der Waals surface area contributed by atoms with Crippen molar-refractivity contribution in [2.24, 2.45) is 0 Å². The molecule has 2 nitrogen and oxygen atoms in total. The van der Waals surface area contributed by atoms with Gasteiger partial charge in [0, 0.05) is 6.20 Å². The predicted molar refractivity (Wildman–Crippen MR) is 23.7 cm³/mol. The van der Waals surface area contributed by atoms with Crippen LogP contribution in [0.5, 0.6) is 0 Å². The average molecular weight is 104 g/mol. The van der Waals surface area contributed by atoms with Crippen LogP contribution in [0, 0.1) is 6.20 Å². The molecule has 3 heteroatoms. The summed E-state index contributed by atoms with van der Waals surface area (Å²) in [5, 5.41) is 5.41. The molecule has 1 radical (unpaired) electrons. The maximum absolute atomic E-state index is 5.40. The van der Waals surface area contributed by atoms with E-state index in [1.54, 1.807) is 6.20 Å². The van der Waals surface area contributed by atoms with E-state index in [2.05, 4.69) is 16.8 Å². The van der Waals surface area contributed by atoms with Crippen LogP contribution < -0.4 is 10.6 Å². The third kappa shape index (κ3) is 0.571. The molecule has 1 aliphatic heterocycles. The molecule has 0 aromatic heterocycles. The zero-order chi connectivity index (χ0) is 4.41. The van der Waals surface area contributed by atoms with Crippen LogP contribution >= 0.6 is 11.6 Å². The van der Waals surface area contributed by atoms with E-state index < -0.39 is 0 Å². The minimum absolute atomic E-state index is 0.148. The zero-order valence-electron chi connectivity index (χ0n) is 3.03. The zero-order valence-corrected chi connectivity index (χ0v) is 3.79. The Morgan fingerprint density at radius 1 is 1.83 bits per heavy atom. The first kappa shape index (κ1) is 3.81. The molecule has 0 bridgehead atoms. The second kappa shape index (κ2) is 1.39. The number of rotatable bonds is 0. The first-order valence-electron chi connectivity index (χ1n) is 1.62. The van der Waals surface area contributed by atoms with Crippen molar-refractivity contribution in [3.8, 4) is 0 Å². The third-order valence-electron chi connectivity index (χ3n) is 0.512. The fourth-order valence-electron chi connectivity index (χ4n) is 0.271. The molecule has 0 aromatic rings. The van der Waals surface area contributed by atoms with Gasteiger partial charge < -0.3 is 10.6 Å². The molecule has 1 heterocycles. The maximum Gasteiger partial charge on any atom is 0.175 e. The third-order valence-corrected chi connectivity index (χ3v) is 0.747. The van der Waals surface area contributed by atoms with Gasteiger partial charge in [0.25, 0.3) is 0 Å². The number of hydrogen-bond acceptors (Lipinski definition) is 2. The van der Waals surface area contributed by atoms with E-state index >= 15 is 0 Å². The second-order valence-electron chi connectivity index (χ2n) is 0.962. The fourth-order valence-corrected chi connectivity index (χ4v) is 0.397. The van der Waals surface area contributed by atoms with Gasteiger partial charge in [0.2, 0.25) is 0 Å². The highest BCUT2D eigenvalue weighted by molar-refractivity contribution is 6.20. The Balaban J connectivity index is 2.32. The topological polar surface area (TPSA) is 24.1 Å². The average Bonchev–Trinajstić information content (AvgIpc) is 1.86. The van der Waals surface area contributed by atoms with Crippen molar-refractivity contribution in [3.63, 3.8) is 0 Å². The molecule has 0 saturated heterocycles. The smallest absolute Gasteiger partial charge is 0.175 e. The van der Waals surface area contributed by atoms with Crippen molar-refractivity contribution >= 4 is 11.6 Å². The van der Waals surface area contributed by atoms with Crippen molar-refractivity contribution in [1.82, 2.24) is 10.6 Å². The first-order valence-corrected chi connectivity index (χ1v) is 2.06. The standard InChI is InChI=1S/C3H4ClN2/c4-3-5-1-2-6-3/h1,3,5-6H. The summed E-state index contributed by atoms with van der Waals surface area (Å²) < 4.78 is 0. The molecule has 1 unspecified atom stereocenters. The van der Waals surface area contributed by atoms with Crippen LogP contribution in [0.1, 0.15) is 0 Å². The summed E-state index contributed by atoms with van der Waals surface area (Å²) in [6.45, 7) is 0. The minimum atomic E-state index is -0.148. The number of nitrogens with one attached hydrogen (secondary N) is 2. The van der Waals surface area contributed by atoms with Gasteiger partial charge >= 0.3 is 0 Å². The van der Waals surface area contributed by atoms with Crippen molar-refractivity contribution < 1.29 is 0 Å². The second-order valence-corrected chi connectivity index (χ2v) is 1.40. The van der Waals surface area contributed by atoms with Crippen LogP contribution in [0.3, 0.4) is 0 Å². The molecular formula is C3H4ClN2. The number of hydrogen-bond donors (Lipinski definition) is 2. The molecule has 1 atom stereocenters. The van der Waals surface area contributed by atoms with Gasteiger partial charge in [0.15, 0.2) is 5.62 Å². The molecule has 0 aromatic carbocycles. The van der Waals surface area contributed by atoms with E-state index in [4.69, 9.17) is 11.6 Å². The van der Waals surface area contributed by atoms with Gasteiger partial charge in [0.1, 0.15) is 0 Å². The molecule has 1 aliphatic rings. The Bertz CT molecular complexity index is 63.2. The lowest BCUT2D eigenvalue weighted by molar-refractivity contribution is 0.752. The molecular weight excluding hydrogens is 99.5 g/mol. The molecule has 0 fully saturated rings. The summed E-state index contributed by atoms with van der Waals surface area (Å²) in [5.74, 6) is 0. The molecule has 0 saturated carbocycles. The van der Waals surface area contributed by atoms with Gasteiger partial charge in [-0.05, 0) is 0 Å². The Labute approximate surface area is 41.2 Å². The summed E-state index contributed by atoms with van der Waals surface area (Å²) >= 11 is 5.40. The number of halogens is 1. The van der Waals surface area contributed by atoms with Crippen molar-refractivity contribution in [3.05, 3.63) is 12.4 Å². The normalized spacial score (nSPS) is 20.2. The molecule has 6 heavy (non-hydrogen) atoms. The molecule has 1 rings (SSSR count). The summed E-state index contributed by atoms with van der Waals surface area (Å²) in [6.07, 6.45) is 4.29. The number of alkyl halides is 1. The van der Waals surface area contributed by atoms with Crippen LogP contribution in [0.25, 0.3) is 0 Å². The Morgan fingerprint density at radius 3 is 2.83 bits per heavy atom. The highest BCUT2D eigenvalue weighted by Gasteiger charge is 1.98. The molecule has 2 N–H and O–H groups in total. The lowest BCUT2D eigenvalue weighted by atomic mass is 11.0. The minimum Gasteiger partial charge on any atom is -0.357 e. The van der Waals surface area contributed by atoms with E-state index in [-0.39, 0.29) is 5.62 Å². The largest absolute Gasteiger partial charge is 0.357 e. The van der Waals surface area contributed by atoms with Crippen LogP contribution in [0.4, 0.5) is 0 Å². The Morgan fingerprint density at radius 2 is 2.67 bits per heavy atom. The fraction of sp³-hybridized carbons (Fsp3) is 0.333. The molecule has 0 aliphatic carbocycles. The maximum atomic E-state index is 5.40. The SMILES string of the molecule is ClC1N[C]=CN1. The Hall–Kier alpha value is -0.370.